The summed E-state index contributed by atoms with van der Waals surface area (Å²) in [7, 11) is 0. The maximum absolute atomic E-state index is 10.2. The third-order valence-electron chi connectivity index (χ3n) is 5.28. The second kappa shape index (κ2) is 7.06. The average Bonchev–Trinajstić information content (AvgIpc) is 3.47. The molecule has 2 aliphatic heterocycles. The van der Waals surface area contributed by atoms with Gasteiger partial charge in [0, 0.05) is 31.6 Å². The Morgan fingerprint density at radius 3 is 2.07 bits per heavy atom. The second-order valence-corrected chi connectivity index (χ2v) is 7.19. The summed E-state index contributed by atoms with van der Waals surface area (Å²) in [5.74, 6) is 1.57. The molecule has 0 bridgehead atoms. The van der Waals surface area contributed by atoms with Crippen molar-refractivity contribution in [2.75, 3.05) is 36.0 Å². The number of rotatable bonds is 4. The Bertz CT molecular complexity index is 984. The van der Waals surface area contributed by atoms with Crippen LogP contribution in [0.15, 0.2) is 34.5 Å². The van der Waals surface area contributed by atoms with Gasteiger partial charge in [0.15, 0.2) is 5.69 Å². The molecule has 1 aromatic carbocycles. The molecule has 0 unspecified atom stereocenters. The van der Waals surface area contributed by atoms with Gasteiger partial charge in [-0.25, -0.2) is 0 Å². The number of aromatic hydroxyl groups is 1. The quantitative estimate of drug-likeness (QED) is 0.671. The summed E-state index contributed by atoms with van der Waals surface area (Å²) in [6.07, 6.45) is 4.57. The van der Waals surface area contributed by atoms with Gasteiger partial charge in [0.25, 0.3) is 5.95 Å². The molecule has 9 heteroatoms. The lowest BCUT2D eigenvalue weighted by Crippen LogP contribution is -2.25. The number of azo groups is 1. The molecule has 0 atom stereocenters. The van der Waals surface area contributed by atoms with Crippen molar-refractivity contribution in [2.24, 2.45) is 10.2 Å². The molecule has 2 aliphatic rings. The molecule has 0 saturated carbocycles. The topological polar surface area (TPSA) is 106 Å². The highest BCUT2D eigenvalue weighted by Crippen LogP contribution is 2.36. The molecule has 2 aromatic heterocycles. The van der Waals surface area contributed by atoms with Gasteiger partial charge in [0.1, 0.15) is 0 Å². The maximum Gasteiger partial charge on any atom is 0.275 e. The molecule has 3 aromatic rings. The Hall–Kier alpha value is -3.23. The minimum atomic E-state index is -0.0152. The Kier molecular flexibility index (Phi) is 4.27. The van der Waals surface area contributed by atoms with E-state index >= 15 is 0 Å². The van der Waals surface area contributed by atoms with Gasteiger partial charge in [-0.1, -0.05) is 18.2 Å². The van der Waals surface area contributed by atoms with E-state index in [0.29, 0.717) is 17.6 Å². The Morgan fingerprint density at radius 2 is 1.43 bits per heavy atom. The summed E-state index contributed by atoms with van der Waals surface area (Å²) in [6.45, 7) is 3.79. The van der Waals surface area contributed by atoms with Crippen LogP contribution in [0, 0.1) is 0 Å². The predicted molar refractivity (Wildman–Crippen MR) is 107 cm³/mol. The van der Waals surface area contributed by atoms with Crippen molar-refractivity contribution in [3.05, 3.63) is 24.3 Å². The molecule has 0 radical (unpaired) electrons. The van der Waals surface area contributed by atoms with E-state index in [-0.39, 0.29) is 11.8 Å². The first kappa shape index (κ1) is 16.9. The van der Waals surface area contributed by atoms with Crippen molar-refractivity contribution in [1.29, 1.82) is 0 Å². The minimum Gasteiger partial charge on any atom is -0.493 e. The maximum atomic E-state index is 10.2. The number of anilines is 2. The molecule has 5 rings (SSSR count). The van der Waals surface area contributed by atoms with Gasteiger partial charge >= 0.3 is 0 Å². The number of nitrogens with one attached hydrogen (secondary N) is 1. The largest absolute Gasteiger partial charge is 0.493 e. The van der Waals surface area contributed by atoms with Crippen LogP contribution in [0.1, 0.15) is 25.7 Å². The Labute approximate surface area is 162 Å². The molecule has 0 spiro atoms. The summed E-state index contributed by atoms with van der Waals surface area (Å²) in [5.41, 5.74) is 1.20. The van der Waals surface area contributed by atoms with E-state index in [1.165, 1.54) is 0 Å². The fourth-order valence-corrected chi connectivity index (χ4v) is 3.81. The number of aromatic nitrogens is 4. The van der Waals surface area contributed by atoms with Gasteiger partial charge in [-0.2, -0.15) is 15.0 Å². The van der Waals surface area contributed by atoms with Crippen molar-refractivity contribution in [3.63, 3.8) is 0 Å². The van der Waals surface area contributed by atoms with Crippen LogP contribution in [0.25, 0.3) is 10.9 Å². The lowest BCUT2D eigenvalue weighted by molar-refractivity contribution is 0.459. The summed E-state index contributed by atoms with van der Waals surface area (Å²) in [4.78, 5) is 21.0. The van der Waals surface area contributed by atoms with Gasteiger partial charge < -0.3 is 19.9 Å². The van der Waals surface area contributed by atoms with Gasteiger partial charge in [-0.15, -0.1) is 10.2 Å². The Balaban J connectivity index is 1.52. The summed E-state index contributed by atoms with van der Waals surface area (Å²) in [5, 5.41) is 19.5. The summed E-state index contributed by atoms with van der Waals surface area (Å²) < 4.78 is 0. The van der Waals surface area contributed by atoms with Crippen LogP contribution in [0.5, 0.6) is 5.88 Å². The zero-order valence-electron chi connectivity index (χ0n) is 15.5. The van der Waals surface area contributed by atoms with E-state index in [0.717, 1.165) is 62.8 Å². The predicted octanol–water partition coefficient (Wildman–Crippen LogP) is 3.67. The number of hydrogen-bond donors (Lipinski definition) is 2. The van der Waals surface area contributed by atoms with E-state index in [1.807, 2.05) is 24.3 Å². The molecule has 2 N–H and O–H groups in total. The van der Waals surface area contributed by atoms with Crippen LogP contribution in [0.3, 0.4) is 0 Å². The van der Waals surface area contributed by atoms with E-state index < -0.39 is 0 Å². The van der Waals surface area contributed by atoms with E-state index in [4.69, 9.17) is 0 Å². The standard InChI is InChI=1S/C19H22N8O/c28-16-15(13-7-1-2-8-14(13)20-16)24-25-17-21-18(26-9-3-4-10-26)23-19(22-17)27-11-5-6-12-27/h1-2,7-8,20,28H,3-6,9-12H2. The van der Waals surface area contributed by atoms with Gasteiger partial charge in [0.05, 0.1) is 5.52 Å². The number of para-hydroxylation sites is 1. The number of hydrogen-bond acceptors (Lipinski definition) is 8. The fourth-order valence-electron chi connectivity index (χ4n) is 3.81. The third-order valence-corrected chi connectivity index (χ3v) is 5.28. The highest BCUT2D eigenvalue weighted by atomic mass is 16.3. The third kappa shape index (κ3) is 3.12. The molecular weight excluding hydrogens is 356 g/mol. The van der Waals surface area contributed by atoms with E-state index in [1.54, 1.807) is 0 Å². The van der Waals surface area contributed by atoms with E-state index in [2.05, 4.69) is 40.0 Å². The van der Waals surface area contributed by atoms with Gasteiger partial charge in [0.2, 0.25) is 17.8 Å². The SMILES string of the molecule is Oc1[nH]c2ccccc2c1N=Nc1nc(N2CCCC2)nc(N2CCCC2)n1. The first-order valence-corrected chi connectivity index (χ1v) is 9.75. The Morgan fingerprint density at radius 1 is 0.821 bits per heavy atom. The average molecular weight is 378 g/mol. The summed E-state index contributed by atoms with van der Waals surface area (Å²) >= 11 is 0. The molecular formula is C19H22N8O. The van der Waals surface area contributed by atoms with Crippen LogP contribution in [0.2, 0.25) is 0 Å². The molecule has 0 aliphatic carbocycles. The number of aromatic amines is 1. The molecule has 28 heavy (non-hydrogen) atoms. The molecule has 4 heterocycles. The zero-order chi connectivity index (χ0) is 18.9. The number of benzene rings is 1. The highest BCUT2D eigenvalue weighted by Gasteiger charge is 2.21. The number of fused-ring (bicyclic) bond motifs is 1. The van der Waals surface area contributed by atoms with Crippen molar-refractivity contribution < 1.29 is 5.11 Å². The minimum absolute atomic E-state index is 0.0152. The normalized spacial score (nSPS) is 17.4. The van der Waals surface area contributed by atoms with Crippen LogP contribution in [-0.2, 0) is 0 Å². The zero-order valence-corrected chi connectivity index (χ0v) is 15.5. The summed E-state index contributed by atoms with van der Waals surface area (Å²) in [6, 6.07) is 7.57. The van der Waals surface area contributed by atoms with Crippen molar-refractivity contribution >= 4 is 34.4 Å². The molecule has 144 valence electrons. The molecule has 9 nitrogen and oxygen atoms in total. The fraction of sp³-hybridized carbons (Fsp3) is 0.421. The van der Waals surface area contributed by atoms with E-state index in [9.17, 15) is 5.11 Å². The smallest absolute Gasteiger partial charge is 0.275 e. The van der Waals surface area contributed by atoms with Crippen LogP contribution < -0.4 is 9.80 Å². The van der Waals surface area contributed by atoms with Crippen molar-refractivity contribution in [2.45, 2.75) is 25.7 Å². The van der Waals surface area contributed by atoms with Crippen LogP contribution >= 0.6 is 0 Å². The molecule has 0 amide bonds. The van der Waals surface area contributed by atoms with Crippen LogP contribution in [-0.4, -0.2) is 51.2 Å². The van der Waals surface area contributed by atoms with Gasteiger partial charge in [-0.3, -0.25) is 0 Å². The highest BCUT2D eigenvalue weighted by molar-refractivity contribution is 5.94. The van der Waals surface area contributed by atoms with Gasteiger partial charge in [-0.05, 0) is 31.7 Å². The first-order chi connectivity index (χ1) is 13.8. The van der Waals surface area contributed by atoms with Crippen molar-refractivity contribution in [1.82, 2.24) is 19.9 Å². The lowest BCUT2D eigenvalue weighted by Gasteiger charge is -2.19. The second-order valence-electron chi connectivity index (χ2n) is 7.19. The lowest BCUT2D eigenvalue weighted by atomic mass is 10.2. The van der Waals surface area contributed by atoms with Crippen LogP contribution in [0.4, 0.5) is 23.5 Å². The number of nitrogens with zero attached hydrogens (tertiary/aromatic N) is 7. The molecule has 2 saturated heterocycles. The molecule has 2 fully saturated rings. The van der Waals surface area contributed by atoms with Crippen molar-refractivity contribution in [3.8, 4) is 5.88 Å². The monoisotopic (exact) mass is 378 g/mol. The number of H-pyrrole nitrogens is 1. The first-order valence-electron chi connectivity index (χ1n) is 9.75.